The molecular formula is C14H23N3O. The molecule has 18 heavy (non-hydrogen) atoms. The van der Waals surface area contributed by atoms with Crippen molar-refractivity contribution in [1.29, 1.82) is 0 Å². The van der Waals surface area contributed by atoms with E-state index in [1.54, 1.807) is 6.20 Å². The van der Waals surface area contributed by atoms with Crippen molar-refractivity contribution < 1.29 is 4.74 Å². The van der Waals surface area contributed by atoms with Crippen molar-refractivity contribution in [2.24, 2.45) is 0 Å². The summed E-state index contributed by atoms with van der Waals surface area (Å²) >= 11 is 0. The highest BCUT2D eigenvalue weighted by molar-refractivity contribution is 5.28. The summed E-state index contributed by atoms with van der Waals surface area (Å²) in [7, 11) is 1.95. The van der Waals surface area contributed by atoms with Crippen LogP contribution in [0.4, 0.5) is 0 Å². The quantitative estimate of drug-likeness (QED) is 0.834. The van der Waals surface area contributed by atoms with Crippen LogP contribution in [0.5, 0.6) is 5.88 Å². The molecular weight excluding hydrogens is 226 g/mol. The van der Waals surface area contributed by atoms with Gasteiger partial charge in [0.25, 0.3) is 0 Å². The zero-order valence-corrected chi connectivity index (χ0v) is 11.4. The van der Waals surface area contributed by atoms with Gasteiger partial charge >= 0.3 is 0 Å². The Hall–Kier alpha value is -1.13. The van der Waals surface area contributed by atoms with E-state index in [0.717, 1.165) is 24.6 Å². The van der Waals surface area contributed by atoms with Crippen LogP contribution in [-0.2, 0) is 0 Å². The van der Waals surface area contributed by atoms with Gasteiger partial charge < -0.3 is 10.1 Å². The summed E-state index contributed by atoms with van der Waals surface area (Å²) < 4.78 is 5.83. The summed E-state index contributed by atoms with van der Waals surface area (Å²) in [6.07, 6.45) is 4.44. The Labute approximate surface area is 109 Å². The van der Waals surface area contributed by atoms with E-state index in [0.29, 0.717) is 0 Å². The third-order valence-electron chi connectivity index (χ3n) is 3.55. The minimum absolute atomic E-state index is 0.264. The Morgan fingerprint density at radius 3 is 2.94 bits per heavy atom. The van der Waals surface area contributed by atoms with E-state index in [4.69, 9.17) is 4.74 Å². The maximum atomic E-state index is 5.83. The van der Waals surface area contributed by atoms with Crippen LogP contribution in [-0.4, -0.2) is 43.2 Å². The summed E-state index contributed by atoms with van der Waals surface area (Å²) in [6.45, 7) is 6.27. The zero-order chi connectivity index (χ0) is 12.8. The van der Waals surface area contributed by atoms with Crippen LogP contribution in [0.25, 0.3) is 0 Å². The first kappa shape index (κ1) is 13.3. The van der Waals surface area contributed by atoms with Crippen LogP contribution < -0.4 is 10.1 Å². The van der Waals surface area contributed by atoms with Crippen LogP contribution in [0, 0.1) is 0 Å². The number of rotatable bonds is 6. The third kappa shape index (κ3) is 3.43. The molecule has 1 fully saturated rings. The van der Waals surface area contributed by atoms with Gasteiger partial charge in [-0.05, 0) is 46.0 Å². The number of hydrogen-bond donors (Lipinski definition) is 1. The second-order valence-electron chi connectivity index (χ2n) is 4.81. The lowest BCUT2D eigenvalue weighted by Crippen LogP contribution is -2.25. The molecule has 100 valence electrons. The molecule has 1 atom stereocenters. The van der Waals surface area contributed by atoms with Crippen molar-refractivity contribution in [1.82, 2.24) is 15.2 Å². The Balaban J connectivity index is 1.87. The molecule has 1 N–H and O–H groups in total. The minimum atomic E-state index is 0.264. The summed E-state index contributed by atoms with van der Waals surface area (Å²) in [6, 6.07) is 4.29. The first-order valence-corrected chi connectivity index (χ1v) is 6.78. The number of nitrogens with zero attached hydrogens (tertiary/aromatic N) is 2. The number of pyridine rings is 1. The second kappa shape index (κ2) is 6.71. The van der Waals surface area contributed by atoms with E-state index in [1.165, 1.54) is 25.9 Å². The lowest BCUT2D eigenvalue weighted by Gasteiger charge is -2.17. The van der Waals surface area contributed by atoms with E-state index in [2.05, 4.69) is 28.2 Å². The van der Waals surface area contributed by atoms with Crippen LogP contribution in [0.15, 0.2) is 18.3 Å². The van der Waals surface area contributed by atoms with Crippen molar-refractivity contribution in [3.8, 4) is 5.88 Å². The van der Waals surface area contributed by atoms with Gasteiger partial charge in [-0.25, -0.2) is 4.98 Å². The number of ether oxygens (including phenoxy) is 1. The van der Waals surface area contributed by atoms with Gasteiger partial charge in [0.15, 0.2) is 0 Å². The van der Waals surface area contributed by atoms with Crippen LogP contribution in [0.2, 0.25) is 0 Å². The monoisotopic (exact) mass is 249 g/mol. The molecule has 1 aliphatic heterocycles. The number of likely N-dealkylation sites (tertiary alicyclic amines) is 1. The highest BCUT2D eigenvalue weighted by Crippen LogP contribution is 2.21. The van der Waals surface area contributed by atoms with Crippen molar-refractivity contribution in [3.63, 3.8) is 0 Å². The lowest BCUT2D eigenvalue weighted by atomic mass is 10.1. The summed E-state index contributed by atoms with van der Waals surface area (Å²) in [5.41, 5.74) is 1.13. The van der Waals surface area contributed by atoms with Gasteiger partial charge in [-0.3, -0.25) is 4.90 Å². The average molecular weight is 249 g/mol. The largest absolute Gasteiger partial charge is 0.476 e. The first-order chi connectivity index (χ1) is 8.81. The van der Waals surface area contributed by atoms with Gasteiger partial charge in [0.2, 0.25) is 5.88 Å². The van der Waals surface area contributed by atoms with Gasteiger partial charge in [-0.1, -0.05) is 6.07 Å². The molecule has 4 heteroatoms. The van der Waals surface area contributed by atoms with Crippen LogP contribution in [0.1, 0.15) is 31.4 Å². The highest BCUT2D eigenvalue weighted by atomic mass is 16.5. The van der Waals surface area contributed by atoms with E-state index < -0.39 is 0 Å². The molecule has 2 heterocycles. The van der Waals surface area contributed by atoms with E-state index >= 15 is 0 Å². The molecule has 4 nitrogen and oxygen atoms in total. The predicted molar refractivity (Wildman–Crippen MR) is 72.9 cm³/mol. The van der Waals surface area contributed by atoms with Crippen molar-refractivity contribution in [3.05, 3.63) is 23.9 Å². The fourth-order valence-corrected chi connectivity index (χ4v) is 2.29. The zero-order valence-electron chi connectivity index (χ0n) is 11.4. The predicted octanol–water partition coefficient (Wildman–Crippen LogP) is 1.84. The topological polar surface area (TPSA) is 37.4 Å². The Morgan fingerprint density at radius 2 is 2.22 bits per heavy atom. The number of hydrogen-bond acceptors (Lipinski definition) is 4. The second-order valence-corrected chi connectivity index (χ2v) is 4.81. The standard InChI is InChI=1S/C14H23N3O/c1-12(15-2)13-6-5-7-16-14(13)18-11-10-17-8-3-4-9-17/h5-7,12,15H,3-4,8-11H2,1-2H3. The molecule has 0 aromatic carbocycles. The Morgan fingerprint density at radius 1 is 1.44 bits per heavy atom. The van der Waals surface area contributed by atoms with Gasteiger partial charge in [0.05, 0.1) is 0 Å². The van der Waals surface area contributed by atoms with Gasteiger partial charge in [-0.15, -0.1) is 0 Å². The average Bonchev–Trinajstić information content (AvgIpc) is 2.92. The van der Waals surface area contributed by atoms with Crippen LogP contribution in [0.3, 0.4) is 0 Å². The fourth-order valence-electron chi connectivity index (χ4n) is 2.29. The van der Waals surface area contributed by atoms with Crippen molar-refractivity contribution in [2.75, 3.05) is 33.3 Å². The SMILES string of the molecule is CNC(C)c1cccnc1OCCN1CCCC1. The molecule has 0 saturated carbocycles. The molecule has 2 rings (SSSR count). The smallest absolute Gasteiger partial charge is 0.218 e. The Bertz CT molecular complexity index is 364. The van der Waals surface area contributed by atoms with Crippen LogP contribution >= 0.6 is 0 Å². The summed E-state index contributed by atoms with van der Waals surface area (Å²) in [5, 5.41) is 3.22. The molecule has 1 aromatic rings. The molecule has 0 radical (unpaired) electrons. The Kier molecular flexibility index (Phi) is 4.96. The van der Waals surface area contributed by atoms with E-state index in [1.807, 2.05) is 13.1 Å². The molecule has 0 bridgehead atoms. The molecule has 0 aliphatic carbocycles. The maximum absolute atomic E-state index is 5.83. The minimum Gasteiger partial charge on any atom is -0.476 e. The molecule has 1 aliphatic rings. The highest BCUT2D eigenvalue weighted by Gasteiger charge is 2.13. The third-order valence-corrected chi connectivity index (χ3v) is 3.55. The summed E-state index contributed by atoms with van der Waals surface area (Å²) in [5.74, 6) is 0.763. The lowest BCUT2D eigenvalue weighted by molar-refractivity contribution is 0.229. The normalized spacial score (nSPS) is 17.9. The maximum Gasteiger partial charge on any atom is 0.218 e. The van der Waals surface area contributed by atoms with Gasteiger partial charge in [0, 0.05) is 24.3 Å². The molecule has 0 spiro atoms. The molecule has 0 amide bonds. The number of aromatic nitrogens is 1. The molecule has 1 aromatic heterocycles. The van der Waals surface area contributed by atoms with E-state index in [9.17, 15) is 0 Å². The number of nitrogens with one attached hydrogen (secondary N) is 1. The van der Waals surface area contributed by atoms with Crippen molar-refractivity contribution in [2.45, 2.75) is 25.8 Å². The van der Waals surface area contributed by atoms with Crippen molar-refractivity contribution >= 4 is 0 Å². The van der Waals surface area contributed by atoms with Gasteiger partial charge in [0.1, 0.15) is 6.61 Å². The first-order valence-electron chi connectivity index (χ1n) is 6.78. The molecule has 1 saturated heterocycles. The fraction of sp³-hybridized carbons (Fsp3) is 0.643. The van der Waals surface area contributed by atoms with Gasteiger partial charge in [-0.2, -0.15) is 0 Å². The van der Waals surface area contributed by atoms with E-state index in [-0.39, 0.29) is 6.04 Å². The summed E-state index contributed by atoms with van der Waals surface area (Å²) in [4.78, 5) is 6.78. The molecule has 1 unspecified atom stereocenters.